The van der Waals surface area contributed by atoms with Crippen molar-refractivity contribution in [3.8, 4) is 22.9 Å². The van der Waals surface area contributed by atoms with Gasteiger partial charge in [-0.05, 0) is 0 Å². The van der Waals surface area contributed by atoms with Crippen LogP contribution in [0.2, 0.25) is 0 Å². The van der Waals surface area contributed by atoms with Crippen LogP contribution in [0.15, 0.2) is 24.3 Å². The van der Waals surface area contributed by atoms with Crippen LogP contribution in [0.3, 0.4) is 0 Å². The number of aromatic hydroxyl groups is 1. The molecule has 0 spiro atoms. The van der Waals surface area contributed by atoms with Gasteiger partial charge in [-0.2, -0.15) is 5.26 Å². The molecule has 0 aromatic heterocycles. The average Bonchev–Trinajstić information content (AvgIpc) is 2.80. The van der Waals surface area contributed by atoms with Crippen LogP contribution < -0.4 is 0 Å². The first-order valence-electron chi connectivity index (χ1n) is 6.14. The van der Waals surface area contributed by atoms with Gasteiger partial charge in [-0.3, -0.25) is 25.0 Å². The summed E-state index contributed by atoms with van der Waals surface area (Å²) in [5, 5.41) is 40.9. The Hall–Kier alpha value is -3.80. The summed E-state index contributed by atoms with van der Waals surface area (Å²) in [6.45, 7) is 0. The van der Waals surface area contributed by atoms with Crippen LogP contribution in [0.25, 0.3) is 11.1 Å². The highest BCUT2D eigenvalue weighted by Crippen LogP contribution is 2.46. The molecule has 0 radical (unpaired) electrons. The second-order valence-corrected chi connectivity index (χ2v) is 4.76. The van der Waals surface area contributed by atoms with E-state index in [2.05, 4.69) is 0 Å². The highest BCUT2D eigenvalue weighted by Gasteiger charge is 2.35. The number of nitriles is 1. The SMILES string of the molecule is N#Cc1cc([N+](=O)[O-])cc2c1-c1c(O)cc([N+](=O)[O-])cc1C2=O. The molecule has 0 bridgehead atoms. The summed E-state index contributed by atoms with van der Waals surface area (Å²) in [5.41, 5.74) is -1.38. The number of phenolic OH excluding ortho intramolecular Hbond substituents is 1. The van der Waals surface area contributed by atoms with E-state index in [1.54, 1.807) is 6.07 Å². The first-order valence-corrected chi connectivity index (χ1v) is 6.14. The number of nitro groups is 2. The van der Waals surface area contributed by atoms with Crippen molar-refractivity contribution in [2.24, 2.45) is 0 Å². The maximum atomic E-state index is 12.4. The van der Waals surface area contributed by atoms with Gasteiger partial charge in [0.25, 0.3) is 11.4 Å². The van der Waals surface area contributed by atoms with Crippen molar-refractivity contribution >= 4 is 17.2 Å². The van der Waals surface area contributed by atoms with E-state index < -0.39 is 32.8 Å². The Balaban J connectivity index is 2.39. The maximum Gasteiger partial charge on any atom is 0.273 e. The molecule has 0 amide bonds. The lowest BCUT2D eigenvalue weighted by Gasteiger charge is -2.05. The van der Waals surface area contributed by atoms with Gasteiger partial charge in [0.1, 0.15) is 11.8 Å². The topological polar surface area (TPSA) is 147 Å². The van der Waals surface area contributed by atoms with Crippen molar-refractivity contribution in [2.45, 2.75) is 0 Å². The van der Waals surface area contributed by atoms with Gasteiger partial charge in [0.2, 0.25) is 0 Å². The van der Waals surface area contributed by atoms with Crippen LogP contribution in [0.4, 0.5) is 11.4 Å². The predicted octanol–water partition coefficient (Wildman–Crippen LogP) is 2.29. The quantitative estimate of drug-likeness (QED) is 0.563. The number of benzene rings is 2. The first kappa shape index (κ1) is 14.2. The Morgan fingerprint density at radius 3 is 2.00 bits per heavy atom. The van der Waals surface area contributed by atoms with Crippen LogP contribution in [-0.2, 0) is 0 Å². The molecule has 1 N–H and O–H groups in total. The number of hydrogen-bond acceptors (Lipinski definition) is 7. The van der Waals surface area contributed by atoms with Gasteiger partial charge in [0.05, 0.1) is 21.5 Å². The highest BCUT2D eigenvalue weighted by atomic mass is 16.6. The average molecular weight is 311 g/mol. The largest absolute Gasteiger partial charge is 0.507 e. The summed E-state index contributed by atoms with van der Waals surface area (Å²) in [7, 11) is 0. The summed E-state index contributed by atoms with van der Waals surface area (Å²) in [6, 6.07) is 5.57. The van der Waals surface area contributed by atoms with Crippen molar-refractivity contribution in [3.05, 3.63) is 61.2 Å². The number of ketones is 1. The van der Waals surface area contributed by atoms with Crippen LogP contribution >= 0.6 is 0 Å². The van der Waals surface area contributed by atoms with Gasteiger partial charge in [0, 0.05) is 40.5 Å². The number of non-ortho nitro benzene ring substituents is 2. The molecule has 0 heterocycles. The molecule has 0 atom stereocenters. The fourth-order valence-corrected chi connectivity index (χ4v) is 2.57. The van der Waals surface area contributed by atoms with Gasteiger partial charge in [-0.25, -0.2) is 0 Å². The number of carbonyl (C=O) groups is 1. The van der Waals surface area contributed by atoms with Crippen molar-refractivity contribution < 1.29 is 19.7 Å². The number of nitro benzene ring substituents is 2. The third kappa shape index (κ3) is 1.90. The van der Waals surface area contributed by atoms with E-state index in [0.717, 1.165) is 24.3 Å². The van der Waals surface area contributed by atoms with Gasteiger partial charge < -0.3 is 5.11 Å². The van der Waals surface area contributed by atoms with E-state index in [1.165, 1.54) is 0 Å². The minimum absolute atomic E-state index is 0.0259. The molecule has 1 aliphatic carbocycles. The molecule has 2 aromatic rings. The maximum absolute atomic E-state index is 12.4. The Morgan fingerprint density at radius 2 is 1.48 bits per heavy atom. The Labute approximate surface area is 127 Å². The monoisotopic (exact) mass is 311 g/mol. The Morgan fingerprint density at radius 1 is 0.957 bits per heavy atom. The van der Waals surface area contributed by atoms with Crippen molar-refractivity contribution in [2.75, 3.05) is 0 Å². The molecular weight excluding hydrogens is 306 g/mol. The lowest BCUT2D eigenvalue weighted by atomic mass is 9.98. The summed E-state index contributed by atoms with van der Waals surface area (Å²) in [6.07, 6.45) is 0. The lowest BCUT2D eigenvalue weighted by molar-refractivity contribution is -0.385. The number of carbonyl (C=O) groups excluding carboxylic acids is 1. The number of rotatable bonds is 2. The van der Waals surface area contributed by atoms with Crippen LogP contribution in [0, 0.1) is 31.6 Å². The number of fused-ring (bicyclic) bond motifs is 3. The first-order chi connectivity index (χ1) is 10.8. The van der Waals surface area contributed by atoms with Gasteiger partial charge in [0.15, 0.2) is 5.78 Å². The predicted molar refractivity (Wildman–Crippen MR) is 75.0 cm³/mol. The van der Waals surface area contributed by atoms with E-state index >= 15 is 0 Å². The second kappa shape index (κ2) is 4.60. The highest BCUT2D eigenvalue weighted by molar-refractivity contribution is 6.24. The summed E-state index contributed by atoms with van der Waals surface area (Å²) in [4.78, 5) is 32.6. The summed E-state index contributed by atoms with van der Waals surface area (Å²) in [5.74, 6) is -1.25. The third-order valence-electron chi connectivity index (χ3n) is 3.51. The molecule has 0 aliphatic heterocycles. The number of phenols is 1. The molecule has 0 unspecified atom stereocenters. The van der Waals surface area contributed by atoms with Crippen molar-refractivity contribution in [3.63, 3.8) is 0 Å². The zero-order valence-electron chi connectivity index (χ0n) is 11.1. The van der Waals surface area contributed by atoms with Gasteiger partial charge in [-0.15, -0.1) is 0 Å². The fraction of sp³-hybridized carbons (Fsp3) is 0. The fourth-order valence-electron chi connectivity index (χ4n) is 2.57. The number of nitrogens with zero attached hydrogens (tertiary/aromatic N) is 3. The minimum Gasteiger partial charge on any atom is -0.507 e. The normalized spacial score (nSPS) is 11.5. The molecule has 2 aromatic carbocycles. The third-order valence-corrected chi connectivity index (χ3v) is 3.51. The van der Waals surface area contributed by atoms with Gasteiger partial charge in [-0.1, -0.05) is 0 Å². The van der Waals surface area contributed by atoms with Crippen LogP contribution in [0.1, 0.15) is 21.5 Å². The van der Waals surface area contributed by atoms with E-state index in [0.29, 0.717) is 0 Å². The minimum atomic E-state index is -0.774. The van der Waals surface area contributed by atoms with Crippen molar-refractivity contribution in [1.82, 2.24) is 0 Å². The summed E-state index contributed by atoms with van der Waals surface area (Å²) < 4.78 is 0. The zero-order valence-corrected chi connectivity index (χ0v) is 11.1. The van der Waals surface area contributed by atoms with Crippen LogP contribution in [0.5, 0.6) is 5.75 Å². The standard InChI is InChI=1S/C14H5N3O6/c15-5-6-1-7(16(20)21)2-9-12(6)13-10(14(9)19)3-8(17(22)23)4-11(13)18/h1-4,18H. The van der Waals surface area contributed by atoms with E-state index in [4.69, 9.17) is 0 Å². The van der Waals surface area contributed by atoms with Crippen molar-refractivity contribution in [1.29, 1.82) is 5.26 Å². The molecule has 112 valence electrons. The Kier molecular flexibility index (Phi) is 2.83. The van der Waals surface area contributed by atoms with Gasteiger partial charge >= 0.3 is 0 Å². The number of hydrogen-bond donors (Lipinski definition) is 1. The lowest BCUT2D eigenvalue weighted by Crippen LogP contribution is -1.99. The van der Waals surface area contributed by atoms with E-state index in [-0.39, 0.29) is 27.8 Å². The molecule has 0 saturated heterocycles. The molecule has 0 saturated carbocycles. The molecule has 9 heteroatoms. The molecule has 3 rings (SSSR count). The van der Waals surface area contributed by atoms with Crippen LogP contribution in [-0.4, -0.2) is 20.7 Å². The van der Waals surface area contributed by atoms with E-state index in [1.807, 2.05) is 0 Å². The second-order valence-electron chi connectivity index (χ2n) is 4.76. The molecular formula is C14H5N3O6. The Bertz CT molecular complexity index is 973. The van der Waals surface area contributed by atoms with E-state index in [9.17, 15) is 35.4 Å². The smallest absolute Gasteiger partial charge is 0.273 e. The zero-order chi connectivity index (χ0) is 16.9. The summed E-state index contributed by atoms with van der Waals surface area (Å²) >= 11 is 0. The molecule has 23 heavy (non-hydrogen) atoms. The molecule has 0 fully saturated rings. The molecule has 9 nitrogen and oxygen atoms in total. The molecule has 1 aliphatic rings.